The summed E-state index contributed by atoms with van der Waals surface area (Å²) in [7, 11) is 2.23. The van der Waals surface area contributed by atoms with Gasteiger partial charge in [-0.3, -0.25) is 0 Å². The first-order chi connectivity index (χ1) is 9.58. The Morgan fingerprint density at radius 3 is 2.80 bits per heavy atom. The van der Waals surface area contributed by atoms with Crippen molar-refractivity contribution in [2.75, 3.05) is 13.6 Å². The van der Waals surface area contributed by atoms with Crippen LogP contribution in [-0.4, -0.2) is 24.5 Å². The molecular formula is C18H30N2. The lowest BCUT2D eigenvalue weighted by atomic mass is 9.77. The van der Waals surface area contributed by atoms with Gasteiger partial charge in [0.25, 0.3) is 0 Å². The summed E-state index contributed by atoms with van der Waals surface area (Å²) in [5.74, 6) is 1.57. The molecule has 1 aromatic rings. The molecule has 2 heteroatoms. The number of benzene rings is 1. The van der Waals surface area contributed by atoms with Crippen molar-refractivity contribution in [1.82, 2.24) is 4.90 Å². The van der Waals surface area contributed by atoms with Crippen LogP contribution in [-0.2, 0) is 6.54 Å². The SMILES string of the molecule is CCC1CCC(N)C(CN(C)Cc2cccc(C)c2)C1. The van der Waals surface area contributed by atoms with Crippen LogP contribution in [0.15, 0.2) is 24.3 Å². The Bertz CT molecular complexity index is 416. The number of aryl methyl sites for hydroxylation is 1. The predicted molar refractivity (Wildman–Crippen MR) is 86.6 cm³/mol. The van der Waals surface area contributed by atoms with Gasteiger partial charge in [-0.15, -0.1) is 0 Å². The highest BCUT2D eigenvalue weighted by Crippen LogP contribution is 2.30. The van der Waals surface area contributed by atoms with Crippen LogP contribution in [0.5, 0.6) is 0 Å². The lowest BCUT2D eigenvalue weighted by molar-refractivity contribution is 0.168. The lowest BCUT2D eigenvalue weighted by Gasteiger charge is -2.36. The van der Waals surface area contributed by atoms with Gasteiger partial charge in [-0.1, -0.05) is 43.2 Å². The third kappa shape index (κ3) is 4.32. The summed E-state index contributed by atoms with van der Waals surface area (Å²) in [6, 6.07) is 9.22. The maximum atomic E-state index is 6.34. The molecule has 1 aromatic carbocycles. The molecule has 0 aliphatic heterocycles. The van der Waals surface area contributed by atoms with E-state index in [0.29, 0.717) is 12.0 Å². The van der Waals surface area contributed by atoms with Crippen molar-refractivity contribution in [3.8, 4) is 0 Å². The highest BCUT2D eigenvalue weighted by atomic mass is 15.1. The van der Waals surface area contributed by atoms with Gasteiger partial charge in [-0.2, -0.15) is 0 Å². The van der Waals surface area contributed by atoms with E-state index in [9.17, 15) is 0 Å². The molecule has 1 aliphatic rings. The van der Waals surface area contributed by atoms with Gasteiger partial charge in [-0.05, 0) is 50.6 Å². The lowest BCUT2D eigenvalue weighted by Crippen LogP contribution is -2.42. The van der Waals surface area contributed by atoms with Crippen molar-refractivity contribution in [2.45, 2.75) is 52.1 Å². The zero-order chi connectivity index (χ0) is 14.5. The van der Waals surface area contributed by atoms with Gasteiger partial charge in [0.05, 0.1) is 0 Å². The monoisotopic (exact) mass is 274 g/mol. The topological polar surface area (TPSA) is 29.3 Å². The van der Waals surface area contributed by atoms with Crippen molar-refractivity contribution in [1.29, 1.82) is 0 Å². The Morgan fingerprint density at radius 1 is 1.30 bits per heavy atom. The van der Waals surface area contributed by atoms with E-state index < -0.39 is 0 Å². The van der Waals surface area contributed by atoms with E-state index in [1.807, 2.05) is 0 Å². The van der Waals surface area contributed by atoms with E-state index in [0.717, 1.165) is 19.0 Å². The van der Waals surface area contributed by atoms with Crippen molar-refractivity contribution in [3.63, 3.8) is 0 Å². The number of nitrogens with zero attached hydrogens (tertiary/aromatic N) is 1. The molecule has 0 amide bonds. The second-order valence-electron chi connectivity index (χ2n) is 6.70. The fourth-order valence-electron chi connectivity index (χ4n) is 3.55. The standard InChI is InChI=1S/C18H30N2/c1-4-15-8-9-18(19)17(11-15)13-20(3)12-16-7-5-6-14(2)10-16/h5-7,10,15,17-18H,4,8-9,11-13,19H2,1-3H3. The first kappa shape index (κ1) is 15.5. The van der Waals surface area contributed by atoms with Gasteiger partial charge in [-0.25, -0.2) is 0 Å². The maximum absolute atomic E-state index is 6.34. The zero-order valence-electron chi connectivity index (χ0n) is 13.3. The van der Waals surface area contributed by atoms with Crippen LogP contribution >= 0.6 is 0 Å². The Hall–Kier alpha value is -0.860. The summed E-state index contributed by atoms with van der Waals surface area (Å²) in [6.07, 6.45) is 5.16. The summed E-state index contributed by atoms with van der Waals surface area (Å²) in [5, 5.41) is 0. The molecule has 112 valence electrons. The highest BCUT2D eigenvalue weighted by molar-refractivity contribution is 5.22. The summed E-state index contributed by atoms with van der Waals surface area (Å²) < 4.78 is 0. The van der Waals surface area contributed by atoms with E-state index in [1.165, 1.54) is 36.8 Å². The molecule has 1 saturated carbocycles. The van der Waals surface area contributed by atoms with Crippen LogP contribution in [0, 0.1) is 18.8 Å². The second kappa shape index (κ2) is 7.24. The number of nitrogens with two attached hydrogens (primary N) is 1. The van der Waals surface area contributed by atoms with Gasteiger partial charge in [0.15, 0.2) is 0 Å². The van der Waals surface area contributed by atoms with Crippen molar-refractivity contribution >= 4 is 0 Å². The maximum Gasteiger partial charge on any atom is 0.0230 e. The quantitative estimate of drug-likeness (QED) is 0.889. The van der Waals surface area contributed by atoms with Crippen LogP contribution in [0.2, 0.25) is 0 Å². The fourth-order valence-corrected chi connectivity index (χ4v) is 3.55. The minimum Gasteiger partial charge on any atom is -0.327 e. The molecule has 0 aromatic heterocycles. The summed E-state index contributed by atoms with van der Waals surface area (Å²) in [4.78, 5) is 2.44. The third-order valence-electron chi connectivity index (χ3n) is 4.81. The van der Waals surface area contributed by atoms with E-state index in [-0.39, 0.29) is 0 Å². The first-order valence-electron chi connectivity index (χ1n) is 8.08. The van der Waals surface area contributed by atoms with Crippen LogP contribution in [0.25, 0.3) is 0 Å². The average molecular weight is 274 g/mol. The summed E-state index contributed by atoms with van der Waals surface area (Å²) in [6.45, 7) is 6.63. The minimum atomic E-state index is 0.401. The molecule has 0 spiro atoms. The molecular weight excluding hydrogens is 244 g/mol. The molecule has 1 fully saturated rings. The van der Waals surface area contributed by atoms with E-state index in [1.54, 1.807) is 0 Å². The van der Waals surface area contributed by atoms with E-state index >= 15 is 0 Å². The second-order valence-corrected chi connectivity index (χ2v) is 6.70. The molecule has 2 nitrogen and oxygen atoms in total. The first-order valence-corrected chi connectivity index (χ1v) is 8.08. The molecule has 3 unspecified atom stereocenters. The minimum absolute atomic E-state index is 0.401. The molecule has 0 saturated heterocycles. The molecule has 0 radical (unpaired) electrons. The zero-order valence-corrected chi connectivity index (χ0v) is 13.3. The Balaban J connectivity index is 1.88. The summed E-state index contributed by atoms with van der Waals surface area (Å²) in [5.41, 5.74) is 9.09. The van der Waals surface area contributed by atoms with Crippen LogP contribution in [0.4, 0.5) is 0 Å². The molecule has 0 heterocycles. The number of rotatable bonds is 5. The van der Waals surface area contributed by atoms with Gasteiger partial charge in [0, 0.05) is 19.1 Å². The van der Waals surface area contributed by atoms with E-state index in [4.69, 9.17) is 5.73 Å². The normalized spacial score (nSPS) is 26.9. The molecule has 2 rings (SSSR count). The van der Waals surface area contributed by atoms with Crippen molar-refractivity contribution < 1.29 is 0 Å². The van der Waals surface area contributed by atoms with Crippen molar-refractivity contribution in [2.24, 2.45) is 17.6 Å². The number of hydrogen-bond acceptors (Lipinski definition) is 2. The molecule has 2 N–H and O–H groups in total. The highest BCUT2D eigenvalue weighted by Gasteiger charge is 2.27. The number of hydrogen-bond donors (Lipinski definition) is 1. The van der Waals surface area contributed by atoms with E-state index in [2.05, 4.69) is 50.1 Å². The van der Waals surface area contributed by atoms with Gasteiger partial charge >= 0.3 is 0 Å². The Labute approximate surface area is 124 Å². The Morgan fingerprint density at radius 2 is 2.10 bits per heavy atom. The van der Waals surface area contributed by atoms with Crippen LogP contribution in [0.3, 0.4) is 0 Å². The summed E-state index contributed by atoms with van der Waals surface area (Å²) >= 11 is 0. The van der Waals surface area contributed by atoms with Crippen LogP contribution < -0.4 is 5.73 Å². The smallest absolute Gasteiger partial charge is 0.0230 e. The third-order valence-corrected chi connectivity index (χ3v) is 4.81. The largest absolute Gasteiger partial charge is 0.327 e. The molecule has 0 bridgehead atoms. The predicted octanol–water partition coefficient (Wildman–Crippen LogP) is 3.58. The van der Waals surface area contributed by atoms with Gasteiger partial charge in [0.2, 0.25) is 0 Å². The molecule has 3 atom stereocenters. The average Bonchev–Trinajstić information content (AvgIpc) is 2.41. The van der Waals surface area contributed by atoms with Gasteiger partial charge in [0.1, 0.15) is 0 Å². The van der Waals surface area contributed by atoms with Gasteiger partial charge < -0.3 is 10.6 Å². The molecule has 1 aliphatic carbocycles. The van der Waals surface area contributed by atoms with Crippen molar-refractivity contribution in [3.05, 3.63) is 35.4 Å². The Kier molecular flexibility index (Phi) is 5.62. The molecule has 20 heavy (non-hydrogen) atoms. The van der Waals surface area contributed by atoms with Crippen LogP contribution in [0.1, 0.15) is 43.7 Å². The fraction of sp³-hybridized carbons (Fsp3) is 0.667.